The number of halogens is 1. The van der Waals surface area contributed by atoms with E-state index < -0.39 is 5.38 Å². The van der Waals surface area contributed by atoms with Gasteiger partial charge in [0.1, 0.15) is 5.38 Å². The second-order valence-electron chi connectivity index (χ2n) is 5.98. The van der Waals surface area contributed by atoms with Gasteiger partial charge in [-0.05, 0) is 32.1 Å². The molecule has 0 aromatic carbocycles. The highest BCUT2D eigenvalue weighted by molar-refractivity contribution is 6.31. The molecule has 0 spiro atoms. The Morgan fingerprint density at radius 1 is 1.65 bits per heavy atom. The lowest BCUT2D eigenvalue weighted by Gasteiger charge is -2.36. The molecule has 3 heteroatoms. The van der Waals surface area contributed by atoms with Crippen molar-refractivity contribution < 1.29 is 4.79 Å². The maximum Gasteiger partial charge on any atom is 0.240 e. The minimum Gasteiger partial charge on any atom is -0.345 e. The van der Waals surface area contributed by atoms with Crippen LogP contribution < -0.4 is 0 Å². The summed E-state index contributed by atoms with van der Waals surface area (Å²) in [7, 11) is 1.81. The Bertz CT molecular complexity index is 322. The van der Waals surface area contributed by atoms with Crippen LogP contribution in [0.4, 0.5) is 0 Å². The summed E-state index contributed by atoms with van der Waals surface area (Å²) in [5.74, 6) is 0.211. The zero-order valence-electron chi connectivity index (χ0n) is 11.6. The number of nitrogens with zero attached hydrogens (tertiary/aromatic N) is 1. The molecule has 0 saturated carbocycles. The summed E-state index contributed by atoms with van der Waals surface area (Å²) < 4.78 is 0. The van der Waals surface area contributed by atoms with Gasteiger partial charge in [-0.15, -0.1) is 11.6 Å². The van der Waals surface area contributed by atoms with E-state index in [1.807, 2.05) is 14.0 Å². The summed E-state index contributed by atoms with van der Waals surface area (Å²) in [4.78, 5) is 13.8. The van der Waals surface area contributed by atoms with Gasteiger partial charge in [-0.3, -0.25) is 4.79 Å². The van der Waals surface area contributed by atoms with Crippen molar-refractivity contribution in [1.82, 2.24) is 4.90 Å². The third kappa shape index (κ3) is 3.74. The van der Waals surface area contributed by atoms with Gasteiger partial charge in [0.05, 0.1) is 0 Å². The molecule has 0 aromatic rings. The van der Waals surface area contributed by atoms with E-state index in [0.717, 1.165) is 12.8 Å². The van der Waals surface area contributed by atoms with Crippen molar-refractivity contribution in [3.63, 3.8) is 0 Å². The number of amides is 1. The van der Waals surface area contributed by atoms with Crippen molar-refractivity contribution in [2.45, 2.75) is 45.9 Å². The van der Waals surface area contributed by atoms with Crippen molar-refractivity contribution in [3.8, 4) is 0 Å². The fraction of sp³-hybridized carbons (Fsp3) is 0.786. The van der Waals surface area contributed by atoms with Gasteiger partial charge in [-0.2, -0.15) is 0 Å². The molecule has 98 valence electrons. The zero-order chi connectivity index (χ0) is 13.2. The van der Waals surface area contributed by atoms with E-state index in [-0.39, 0.29) is 17.2 Å². The van der Waals surface area contributed by atoms with Crippen molar-refractivity contribution in [2.24, 2.45) is 11.3 Å². The zero-order valence-corrected chi connectivity index (χ0v) is 12.3. The van der Waals surface area contributed by atoms with Crippen LogP contribution in [0.2, 0.25) is 0 Å². The molecule has 2 unspecified atom stereocenters. The van der Waals surface area contributed by atoms with Crippen LogP contribution in [0.1, 0.15) is 40.5 Å². The molecule has 0 fully saturated rings. The SMILES string of the molecule is CCN(C)C(=O)C(Cl)C1C=C(C)CC(C)(C)C1. The average molecular weight is 258 g/mol. The van der Waals surface area contributed by atoms with Gasteiger partial charge in [0.2, 0.25) is 5.91 Å². The summed E-state index contributed by atoms with van der Waals surface area (Å²) in [6, 6.07) is 0. The second kappa shape index (κ2) is 5.43. The summed E-state index contributed by atoms with van der Waals surface area (Å²) in [5.41, 5.74) is 1.60. The Morgan fingerprint density at radius 2 is 2.24 bits per heavy atom. The van der Waals surface area contributed by atoms with Crippen molar-refractivity contribution in [1.29, 1.82) is 0 Å². The Balaban J connectivity index is 2.79. The molecule has 1 aliphatic carbocycles. The Morgan fingerprint density at radius 3 is 2.71 bits per heavy atom. The third-order valence-electron chi connectivity index (χ3n) is 3.51. The highest BCUT2D eigenvalue weighted by Gasteiger charge is 2.34. The summed E-state index contributed by atoms with van der Waals surface area (Å²) in [5, 5.41) is -0.422. The predicted octanol–water partition coefficient (Wildman–Crippen LogP) is 3.45. The monoisotopic (exact) mass is 257 g/mol. The van der Waals surface area contributed by atoms with Crippen LogP contribution in [0.5, 0.6) is 0 Å². The first-order chi connectivity index (χ1) is 7.76. The maximum atomic E-state index is 12.1. The Hall–Kier alpha value is -0.500. The average Bonchev–Trinajstić information content (AvgIpc) is 2.23. The molecular formula is C14H24ClNO. The molecular weight excluding hydrogens is 234 g/mol. The summed E-state index contributed by atoms with van der Waals surface area (Å²) >= 11 is 6.34. The smallest absolute Gasteiger partial charge is 0.240 e. The Kier molecular flexibility index (Phi) is 4.65. The van der Waals surface area contributed by atoms with E-state index in [1.54, 1.807) is 4.90 Å². The standard InChI is InChI=1S/C14H24ClNO/c1-6-16(5)13(17)12(15)11-7-10(2)8-14(3,4)9-11/h7,11-12H,6,8-9H2,1-5H3. The van der Waals surface area contributed by atoms with E-state index in [1.165, 1.54) is 5.57 Å². The fourth-order valence-corrected chi connectivity index (χ4v) is 3.01. The van der Waals surface area contributed by atoms with Gasteiger partial charge in [-0.25, -0.2) is 0 Å². The fourth-order valence-electron chi connectivity index (χ4n) is 2.69. The van der Waals surface area contributed by atoms with Gasteiger partial charge in [0, 0.05) is 19.5 Å². The molecule has 1 amide bonds. The predicted molar refractivity (Wildman–Crippen MR) is 73.2 cm³/mol. The minimum absolute atomic E-state index is 0.0425. The number of alkyl halides is 1. The number of allylic oxidation sites excluding steroid dienone is 2. The Labute approximate surface area is 110 Å². The largest absolute Gasteiger partial charge is 0.345 e. The van der Waals surface area contributed by atoms with E-state index in [2.05, 4.69) is 26.8 Å². The summed E-state index contributed by atoms with van der Waals surface area (Å²) in [6.07, 6.45) is 4.27. The number of carbonyl (C=O) groups is 1. The van der Waals surface area contributed by atoms with Crippen LogP contribution in [0.15, 0.2) is 11.6 Å². The molecule has 0 saturated heterocycles. The van der Waals surface area contributed by atoms with Crippen LogP contribution >= 0.6 is 11.6 Å². The van der Waals surface area contributed by atoms with Gasteiger partial charge >= 0.3 is 0 Å². The normalized spacial score (nSPS) is 25.1. The molecule has 0 N–H and O–H groups in total. The highest BCUT2D eigenvalue weighted by atomic mass is 35.5. The number of hydrogen-bond donors (Lipinski definition) is 0. The molecule has 1 rings (SSSR count). The van der Waals surface area contributed by atoms with Crippen molar-refractivity contribution >= 4 is 17.5 Å². The minimum atomic E-state index is -0.422. The summed E-state index contributed by atoms with van der Waals surface area (Å²) in [6.45, 7) is 9.29. The molecule has 2 nitrogen and oxygen atoms in total. The van der Waals surface area contributed by atoms with Gasteiger partial charge < -0.3 is 4.90 Å². The van der Waals surface area contributed by atoms with E-state index in [9.17, 15) is 4.79 Å². The molecule has 0 heterocycles. The van der Waals surface area contributed by atoms with Crippen LogP contribution in [0.3, 0.4) is 0 Å². The van der Waals surface area contributed by atoms with E-state index in [4.69, 9.17) is 11.6 Å². The molecule has 2 atom stereocenters. The number of carbonyl (C=O) groups excluding carboxylic acids is 1. The number of rotatable bonds is 3. The van der Waals surface area contributed by atoms with Crippen molar-refractivity contribution in [3.05, 3.63) is 11.6 Å². The topological polar surface area (TPSA) is 20.3 Å². The quantitative estimate of drug-likeness (QED) is 0.560. The number of hydrogen-bond acceptors (Lipinski definition) is 1. The molecule has 0 aliphatic heterocycles. The van der Waals surface area contributed by atoms with Gasteiger partial charge in [0.15, 0.2) is 0 Å². The van der Waals surface area contributed by atoms with Gasteiger partial charge in [-0.1, -0.05) is 25.5 Å². The maximum absolute atomic E-state index is 12.1. The lowest BCUT2D eigenvalue weighted by Crippen LogP contribution is -2.39. The van der Waals surface area contributed by atoms with Crippen LogP contribution in [0.25, 0.3) is 0 Å². The van der Waals surface area contributed by atoms with Gasteiger partial charge in [0.25, 0.3) is 0 Å². The first kappa shape index (κ1) is 14.6. The van der Waals surface area contributed by atoms with Crippen LogP contribution in [-0.2, 0) is 4.79 Å². The van der Waals surface area contributed by atoms with Crippen LogP contribution in [0, 0.1) is 11.3 Å². The first-order valence-corrected chi connectivity index (χ1v) is 6.77. The molecule has 0 radical (unpaired) electrons. The highest BCUT2D eigenvalue weighted by Crippen LogP contribution is 2.40. The van der Waals surface area contributed by atoms with Crippen LogP contribution in [-0.4, -0.2) is 29.8 Å². The second-order valence-corrected chi connectivity index (χ2v) is 6.45. The van der Waals surface area contributed by atoms with E-state index >= 15 is 0 Å². The molecule has 1 aliphatic rings. The lowest BCUT2D eigenvalue weighted by molar-refractivity contribution is -0.130. The van der Waals surface area contributed by atoms with Crippen molar-refractivity contribution in [2.75, 3.05) is 13.6 Å². The molecule has 0 bridgehead atoms. The van der Waals surface area contributed by atoms with E-state index in [0.29, 0.717) is 6.54 Å². The lowest BCUT2D eigenvalue weighted by atomic mass is 9.72. The third-order valence-corrected chi connectivity index (χ3v) is 4.02. The molecule has 17 heavy (non-hydrogen) atoms. The first-order valence-electron chi connectivity index (χ1n) is 6.33. The molecule has 0 aromatic heterocycles.